The van der Waals surface area contributed by atoms with Gasteiger partial charge in [0.2, 0.25) is 10.0 Å². The van der Waals surface area contributed by atoms with Crippen molar-refractivity contribution in [1.82, 2.24) is 4.31 Å². The highest BCUT2D eigenvalue weighted by molar-refractivity contribution is 7.89. The van der Waals surface area contributed by atoms with Gasteiger partial charge in [0.25, 0.3) is 11.7 Å². The Kier molecular flexibility index (Phi) is 4.24. The number of hydrogen-bond acceptors (Lipinski definition) is 5. The van der Waals surface area contributed by atoms with E-state index >= 15 is 0 Å². The van der Waals surface area contributed by atoms with Gasteiger partial charge in [-0.25, -0.2) is 8.42 Å². The maximum Gasteiger partial charge on any atom is 0.299 e. The molecule has 0 saturated carbocycles. The van der Waals surface area contributed by atoms with Crippen LogP contribution in [0, 0.1) is 0 Å². The van der Waals surface area contributed by atoms with Crippen LogP contribution < -0.4 is 9.64 Å². The van der Waals surface area contributed by atoms with E-state index in [4.69, 9.17) is 4.74 Å². The van der Waals surface area contributed by atoms with Crippen molar-refractivity contribution in [3.05, 3.63) is 53.6 Å². The average molecular weight is 386 g/mol. The molecule has 140 valence electrons. The van der Waals surface area contributed by atoms with Gasteiger partial charge >= 0.3 is 0 Å². The van der Waals surface area contributed by atoms with Gasteiger partial charge in [0.05, 0.1) is 29.8 Å². The Bertz CT molecular complexity index is 1030. The number of methoxy groups -OCH3 is 1. The molecule has 27 heavy (non-hydrogen) atoms. The van der Waals surface area contributed by atoms with Gasteiger partial charge in [0.1, 0.15) is 5.75 Å². The molecule has 4 rings (SSSR count). The minimum absolute atomic E-state index is 0.0494. The molecule has 8 heteroatoms. The van der Waals surface area contributed by atoms with Gasteiger partial charge in [0.15, 0.2) is 0 Å². The monoisotopic (exact) mass is 386 g/mol. The summed E-state index contributed by atoms with van der Waals surface area (Å²) in [6.45, 7) is 1.19. The van der Waals surface area contributed by atoms with Gasteiger partial charge in [-0.15, -0.1) is 0 Å². The van der Waals surface area contributed by atoms with Crippen LogP contribution in [0.15, 0.2) is 47.4 Å². The van der Waals surface area contributed by atoms with Crippen molar-refractivity contribution < 1.29 is 22.7 Å². The highest BCUT2D eigenvalue weighted by Gasteiger charge is 2.38. The molecule has 2 aliphatic heterocycles. The van der Waals surface area contributed by atoms with Crippen LogP contribution >= 0.6 is 0 Å². The molecule has 0 unspecified atom stereocenters. The predicted octanol–water partition coefficient (Wildman–Crippen LogP) is 1.82. The van der Waals surface area contributed by atoms with Gasteiger partial charge in [-0.3, -0.25) is 9.59 Å². The first-order valence-electron chi connectivity index (χ1n) is 8.55. The summed E-state index contributed by atoms with van der Waals surface area (Å²) in [5, 5.41) is 0. The fourth-order valence-corrected chi connectivity index (χ4v) is 4.73. The van der Waals surface area contributed by atoms with E-state index in [-0.39, 0.29) is 17.0 Å². The van der Waals surface area contributed by atoms with Crippen LogP contribution in [0.25, 0.3) is 0 Å². The number of sulfonamides is 1. The summed E-state index contributed by atoms with van der Waals surface area (Å²) in [6, 6.07) is 11.5. The third-order valence-corrected chi connectivity index (χ3v) is 6.79. The molecular weight excluding hydrogens is 368 g/mol. The van der Waals surface area contributed by atoms with E-state index in [9.17, 15) is 18.0 Å². The summed E-state index contributed by atoms with van der Waals surface area (Å²) in [5.74, 6) is -0.637. The summed E-state index contributed by atoms with van der Waals surface area (Å²) < 4.78 is 31.6. The van der Waals surface area contributed by atoms with Gasteiger partial charge < -0.3 is 9.64 Å². The molecular formula is C19H18N2O5S. The highest BCUT2D eigenvalue weighted by atomic mass is 32.2. The molecule has 0 aliphatic carbocycles. The Morgan fingerprint density at radius 2 is 1.74 bits per heavy atom. The first kappa shape index (κ1) is 17.7. The molecule has 0 bridgehead atoms. The first-order valence-corrected chi connectivity index (χ1v) is 9.99. The van der Waals surface area contributed by atoms with Crippen molar-refractivity contribution in [2.24, 2.45) is 0 Å². The number of amides is 1. The molecule has 2 aliphatic rings. The molecule has 7 nitrogen and oxygen atoms in total. The molecule has 2 heterocycles. The Hall–Kier alpha value is -2.71. The maximum absolute atomic E-state index is 12.5. The third kappa shape index (κ3) is 2.90. The minimum Gasteiger partial charge on any atom is -0.497 e. The van der Waals surface area contributed by atoms with Gasteiger partial charge in [0, 0.05) is 13.1 Å². The molecule has 0 radical (unpaired) electrons. The van der Waals surface area contributed by atoms with Crippen LogP contribution in [0.3, 0.4) is 0 Å². The second kappa shape index (κ2) is 6.47. The lowest BCUT2D eigenvalue weighted by atomic mass is 10.1. The summed E-state index contributed by atoms with van der Waals surface area (Å²) in [7, 11) is -2.04. The molecule has 1 saturated heterocycles. The van der Waals surface area contributed by atoms with Crippen LogP contribution in [-0.2, 0) is 21.4 Å². The SMILES string of the molecule is COc1ccc(CN2C(=O)C(=O)c3cc(S(=O)(=O)N4CCC4)ccc32)cc1. The van der Waals surface area contributed by atoms with Crippen LogP contribution in [-0.4, -0.2) is 44.6 Å². The molecule has 0 N–H and O–H groups in total. The van der Waals surface area contributed by atoms with Crippen LogP contribution in [0.1, 0.15) is 22.3 Å². The smallest absolute Gasteiger partial charge is 0.299 e. The number of hydrogen-bond donors (Lipinski definition) is 0. The molecule has 2 aromatic carbocycles. The van der Waals surface area contributed by atoms with Crippen LogP contribution in [0.2, 0.25) is 0 Å². The zero-order valence-corrected chi connectivity index (χ0v) is 15.5. The zero-order chi connectivity index (χ0) is 19.2. The number of Topliss-reactive ketones (excluding diaryl/α,β-unsaturated/α-hetero) is 1. The first-order chi connectivity index (χ1) is 12.9. The third-order valence-electron chi connectivity index (χ3n) is 4.90. The second-order valence-corrected chi connectivity index (χ2v) is 8.44. The Balaban J connectivity index is 1.66. The molecule has 1 fully saturated rings. The quantitative estimate of drug-likeness (QED) is 0.732. The Morgan fingerprint density at radius 3 is 2.33 bits per heavy atom. The summed E-state index contributed by atoms with van der Waals surface area (Å²) >= 11 is 0. The zero-order valence-electron chi connectivity index (χ0n) is 14.7. The largest absolute Gasteiger partial charge is 0.497 e. The van der Waals surface area contributed by atoms with E-state index in [1.807, 2.05) is 12.1 Å². The number of anilines is 1. The van der Waals surface area contributed by atoms with E-state index < -0.39 is 21.7 Å². The number of rotatable bonds is 5. The topological polar surface area (TPSA) is 84.0 Å². The van der Waals surface area contributed by atoms with E-state index in [1.165, 1.54) is 27.4 Å². The molecule has 0 spiro atoms. The number of carbonyl (C=O) groups excluding carboxylic acids is 2. The van der Waals surface area contributed by atoms with Crippen molar-refractivity contribution in [1.29, 1.82) is 0 Å². The van der Waals surface area contributed by atoms with E-state index in [0.29, 0.717) is 24.5 Å². The fraction of sp³-hybridized carbons (Fsp3) is 0.263. The normalized spacial score (nSPS) is 17.0. The van der Waals surface area contributed by atoms with Crippen molar-refractivity contribution in [2.45, 2.75) is 17.9 Å². The highest BCUT2D eigenvalue weighted by Crippen LogP contribution is 2.33. The van der Waals surface area contributed by atoms with Crippen molar-refractivity contribution in [2.75, 3.05) is 25.1 Å². The number of fused-ring (bicyclic) bond motifs is 1. The van der Waals surface area contributed by atoms with E-state index in [2.05, 4.69) is 0 Å². The van der Waals surface area contributed by atoms with E-state index in [0.717, 1.165) is 12.0 Å². The Labute approximate surface area is 157 Å². The number of ether oxygens (including phenoxy) is 1. The van der Waals surface area contributed by atoms with Crippen LogP contribution in [0.4, 0.5) is 5.69 Å². The second-order valence-electron chi connectivity index (χ2n) is 6.51. The molecule has 0 aromatic heterocycles. The predicted molar refractivity (Wildman–Crippen MR) is 98.3 cm³/mol. The number of carbonyl (C=O) groups is 2. The Morgan fingerprint density at radius 1 is 1.04 bits per heavy atom. The summed E-state index contributed by atoms with van der Waals surface area (Å²) in [5.41, 5.74) is 1.40. The van der Waals surface area contributed by atoms with Gasteiger partial charge in [-0.05, 0) is 42.3 Å². The number of ketones is 1. The summed E-state index contributed by atoms with van der Waals surface area (Å²) in [6.07, 6.45) is 0.831. The van der Waals surface area contributed by atoms with Crippen molar-refractivity contribution in [3.8, 4) is 5.75 Å². The fourth-order valence-electron chi connectivity index (χ4n) is 3.19. The number of benzene rings is 2. The minimum atomic E-state index is -3.61. The molecule has 1 amide bonds. The average Bonchev–Trinajstić information content (AvgIpc) is 2.85. The van der Waals surface area contributed by atoms with Crippen molar-refractivity contribution >= 4 is 27.4 Å². The maximum atomic E-state index is 12.5. The van der Waals surface area contributed by atoms with Crippen LogP contribution in [0.5, 0.6) is 5.75 Å². The summed E-state index contributed by atoms with van der Waals surface area (Å²) in [4.78, 5) is 26.3. The lowest BCUT2D eigenvalue weighted by Gasteiger charge is -2.29. The van der Waals surface area contributed by atoms with Gasteiger partial charge in [-0.1, -0.05) is 12.1 Å². The van der Waals surface area contributed by atoms with Crippen molar-refractivity contribution in [3.63, 3.8) is 0 Å². The van der Waals surface area contributed by atoms with E-state index in [1.54, 1.807) is 19.2 Å². The number of nitrogens with zero attached hydrogens (tertiary/aromatic N) is 2. The van der Waals surface area contributed by atoms with Gasteiger partial charge in [-0.2, -0.15) is 4.31 Å². The standard InChI is InChI=1S/C19H18N2O5S/c1-26-14-5-3-13(4-6-14)12-21-17-8-7-15(11-16(17)18(22)19(21)23)27(24,25)20-9-2-10-20/h3-8,11H,2,9-10,12H2,1H3. The lowest BCUT2D eigenvalue weighted by molar-refractivity contribution is -0.114. The molecule has 0 atom stereocenters. The molecule has 2 aromatic rings. The lowest BCUT2D eigenvalue weighted by Crippen LogP contribution is -2.41.